The van der Waals surface area contributed by atoms with Crippen molar-refractivity contribution in [3.8, 4) is 0 Å². The lowest BCUT2D eigenvalue weighted by atomic mass is 10.0. The van der Waals surface area contributed by atoms with Crippen molar-refractivity contribution in [1.82, 2.24) is 9.80 Å². The fraction of sp³-hybridized carbons (Fsp3) is 0.737. The number of hydrogen-bond acceptors (Lipinski definition) is 3. The van der Waals surface area contributed by atoms with Crippen LogP contribution >= 0.6 is 0 Å². The summed E-state index contributed by atoms with van der Waals surface area (Å²) in [5.41, 5.74) is 0. The molecular weight excluding hydrogens is 288 g/mol. The number of amides is 1. The third-order valence-electron chi connectivity index (χ3n) is 6.17. The fourth-order valence-electron chi connectivity index (χ4n) is 4.85. The van der Waals surface area contributed by atoms with Gasteiger partial charge in [-0.3, -0.25) is 9.69 Å². The van der Waals surface area contributed by atoms with Crippen LogP contribution < -0.4 is 0 Å². The van der Waals surface area contributed by atoms with Crippen molar-refractivity contribution in [1.29, 1.82) is 0 Å². The maximum atomic E-state index is 12.9. The predicted molar refractivity (Wildman–Crippen MR) is 89.2 cm³/mol. The molecule has 0 bridgehead atoms. The lowest BCUT2D eigenvalue weighted by molar-refractivity contribution is -0.135. The monoisotopic (exact) mass is 316 g/mol. The molecule has 1 aliphatic carbocycles. The lowest BCUT2D eigenvalue weighted by Crippen LogP contribution is -2.52. The number of nitrogens with zero attached hydrogens (tertiary/aromatic N) is 2. The zero-order chi connectivity index (χ0) is 16.0. The van der Waals surface area contributed by atoms with Crippen molar-refractivity contribution in [2.45, 2.75) is 70.0 Å². The second kappa shape index (κ2) is 5.97. The summed E-state index contributed by atoms with van der Waals surface area (Å²) in [4.78, 5) is 17.7. The average molecular weight is 316 g/mol. The first-order chi connectivity index (χ1) is 11.1. The Morgan fingerprint density at radius 2 is 2.00 bits per heavy atom. The van der Waals surface area contributed by atoms with Crippen LogP contribution in [0.2, 0.25) is 0 Å². The number of piperidine rings is 1. The summed E-state index contributed by atoms with van der Waals surface area (Å²) in [6, 6.07) is 5.82. The highest BCUT2D eigenvalue weighted by Crippen LogP contribution is 2.49. The van der Waals surface area contributed by atoms with E-state index < -0.39 is 0 Å². The van der Waals surface area contributed by atoms with E-state index >= 15 is 0 Å². The van der Waals surface area contributed by atoms with Gasteiger partial charge in [-0.05, 0) is 58.1 Å². The van der Waals surface area contributed by atoms with Crippen molar-refractivity contribution >= 4 is 5.91 Å². The molecule has 0 aromatic carbocycles. The molecular formula is C19H28N2O2. The molecule has 1 saturated carbocycles. The van der Waals surface area contributed by atoms with Gasteiger partial charge in [-0.2, -0.15) is 0 Å². The maximum Gasteiger partial charge on any atom is 0.226 e. The number of rotatable bonds is 3. The molecule has 0 N–H and O–H groups in total. The third kappa shape index (κ3) is 2.82. The minimum absolute atomic E-state index is 0.160. The second-order valence-corrected chi connectivity index (χ2v) is 7.77. The summed E-state index contributed by atoms with van der Waals surface area (Å²) >= 11 is 0. The van der Waals surface area contributed by atoms with Crippen molar-refractivity contribution in [2.75, 3.05) is 13.1 Å². The van der Waals surface area contributed by atoms with E-state index in [1.165, 1.54) is 19.3 Å². The first kappa shape index (κ1) is 15.3. The summed E-state index contributed by atoms with van der Waals surface area (Å²) in [5.74, 6) is 1.82. The Labute approximate surface area is 138 Å². The molecule has 1 aromatic rings. The van der Waals surface area contributed by atoms with Gasteiger partial charge < -0.3 is 9.32 Å². The van der Waals surface area contributed by atoms with Gasteiger partial charge in [0.25, 0.3) is 0 Å². The SMILES string of the molecule is C[C@@H]1CC[C@H](C)N1[C@@H]1CCCN(C(=O)[C@H]2C[C@H]2c2ccco2)C1. The minimum Gasteiger partial charge on any atom is -0.469 e. The molecule has 23 heavy (non-hydrogen) atoms. The number of carbonyl (C=O) groups is 1. The normalized spacial score (nSPS) is 38.0. The molecule has 4 nitrogen and oxygen atoms in total. The van der Waals surface area contributed by atoms with Crippen molar-refractivity contribution in [2.24, 2.45) is 5.92 Å². The summed E-state index contributed by atoms with van der Waals surface area (Å²) in [5, 5.41) is 0. The molecule has 3 heterocycles. The van der Waals surface area contributed by atoms with Crippen LogP contribution in [0.4, 0.5) is 0 Å². The van der Waals surface area contributed by atoms with Crippen molar-refractivity contribution < 1.29 is 9.21 Å². The molecule has 3 fully saturated rings. The van der Waals surface area contributed by atoms with Crippen molar-refractivity contribution in [3.63, 3.8) is 0 Å². The molecule has 5 atom stereocenters. The highest BCUT2D eigenvalue weighted by molar-refractivity contribution is 5.83. The first-order valence-corrected chi connectivity index (χ1v) is 9.24. The van der Waals surface area contributed by atoms with Gasteiger partial charge in [0.05, 0.1) is 6.26 Å². The number of hydrogen-bond donors (Lipinski definition) is 0. The number of likely N-dealkylation sites (tertiary alicyclic amines) is 2. The summed E-state index contributed by atoms with van der Waals surface area (Å²) in [6.45, 7) is 6.55. The quantitative estimate of drug-likeness (QED) is 0.859. The van der Waals surface area contributed by atoms with Crippen molar-refractivity contribution in [3.05, 3.63) is 24.2 Å². The van der Waals surface area contributed by atoms with Crippen LogP contribution in [0.5, 0.6) is 0 Å². The molecule has 2 saturated heterocycles. The summed E-state index contributed by atoms with van der Waals surface area (Å²) in [7, 11) is 0. The van der Waals surface area contributed by atoms with Gasteiger partial charge in [0.15, 0.2) is 0 Å². The molecule has 0 unspecified atom stereocenters. The van der Waals surface area contributed by atoms with Crippen LogP contribution in [0.1, 0.15) is 57.6 Å². The number of furan rings is 1. The minimum atomic E-state index is 0.160. The van der Waals surface area contributed by atoms with Crippen LogP contribution in [0, 0.1) is 5.92 Å². The van der Waals surface area contributed by atoms with Crippen LogP contribution in [0.3, 0.4) is 0 Å². The first-order valence-electron chi connectivity index (χ1n) is 9.24. The van der Waals surface area contributed by atoms with E-state index in [2.05, 4.69) is 23.6 Å². The molecule has 126 valence electrons. The van der Waals surface area contributed by atoms with E-state index in [1.54, 1.807) is 6.26 Å². The van der Waals surface area contributed by atoms with Gasteiger partial charge in [0.2, 0.25) is 5.91 Å². The standard InChI is InChI=1S/C19H28N2O2/c1-13-7-8-14(2)21(13)15-5-3-9-20(12-15)19(22)17-11-16(17)18-6-4-10-23-18/h4,6,10,13-17H,3,5,7-9,11-12H2,1-2H3/t13-,14+,15-,16-,17+/m1/s1. The summed E-state index contributed by atoms with van der Waals surface area (Å²) in [6.07, 6.45) is 7.66. The topological polar surface area (TPSA) is 36.7 Å². The third-order valence-corrected chi connectivity index (χ3v) is 6.17. The average Bonchev–Trinajstić information content (AvgIpc) is 3.01. The summed E-state index contributed by atoms with van der Waals surface area (Å²) < 4.78 is 5.48. The van der Waals surface area contributed by atoms with E-state index in [4.69, 9.17) is 4.42 Å². The molecule has 3 aliphatic rings. The Kier molecular flexibility index (Phi) is 3.96. The fourth-order valence-corrected chi connectivity index (χ4v) is 4.85. The van der Waals surface area contributed by atoms with Crippen LogP contribution in [-0.4, -0.2) is 46.9 Å². The highest BCUT2D eigenvalue weighted by atomic mass is 16.3. The van der Waals surface area contributed by atoms with E-state index in [0.717, 1.165) is 31.7 Å². The molecule has 4 rings (SSSR count). The van der Waals surface area contributed by atoms with Gasteiger partial charge in [0.1, 0.15) is 5.76 Å². The van der Waals surface area contributed by atoms with E-state index in [0.29, 0.717) is 30.0 Å². The molecule has 0 radical (unpaired) electrons. The zero-order valence-corrected chi connectivity index (χ0v) is 14.3. The second-order valence-electron chi connectivity index (χ2n) is 7.77. The Morgan fingerprint density at radius 3 is 2.70 bits per heavy atom. The zero-order valence-electron chi connectivity index (χ0n) is 14.3. The highest BCUT2D eigenvalue weighted by Gasteiger charge is 2.48. The Hall–Kier alpha value is -1.29. The predicted octanol–water partition coefficient (Wildman–Crippen LogP) is 3.25. The van der Waals surface area contributed by atoms with Crippen LogP contribution in [0.15, 0.2) is 22.8 Å². The Morgan fingerprint density at radius 1 is 1.22 bits per heavy atom. The smallest absolute Gasteiger partial charge is 0.226 e. The molecule has 4 heteroatoms. The van der Waals surface area contributed by atoms with Gasteiger partial charge in [-0.1, -0.05) is 0 Å². The molecule has 1 amide bonds. The van der Waals surface area contributed by atoms with Gasteiger partial charge in [-0.25, -0.2) is 0 Å². The molecule has 0 spiro atoms. The van der Waals surface area contributed by atoms with Crippen LogP contribution in [-0.2, 0) is 4.79 Å². The van der Waals surface area contributed by atoms with E-state index in [-0.39, 0.29) is 5.92 Å². The van der Waals surface area contributed by atoms with E-state index in [9.17, 15) is 4.79 Å². The Balaban J connectivity index is 1.39. The van der Waals surface area contributed by atoms with Gasteiger partial charge in [-0.15, -0.1) is 0 Å². The lowest BCUT2D eigenvalue weighted by Gasteiger charge is -2.41. The maximum absolute atomic E-state index is 12.9. The Bertz CT molecular complexity index is 546. The molecule has 1 aromatic heterocycles. The van der Waals surface area contributed by atoms with Gasteiger partial charge in [0, 0.05) is 43.1 Å². The molecule has 2 aliphatic heterocycles. The largest absolute Gasteiger partial charge is 0.469 e. The van der Waals surface area contributed by atoms with Gasteiger partial charge >= 0.3 is 0 Å². The van der Waals surface area contributed by atoms with E-state index in [1.807, 2.05) is 12.1 Å². The number of carbonyl (C=O) groups excluding carboxylic acids is 1. The van der Waals surface area contributed by atoms with Crippen LogP contribution in [0.25, 0.3) is 0 Å².